The van der Waals surface area contributed by atoms with Crippen molar-refractivity contribution < 1.29 is 22.4 Å². The molecule has 0 aliphatic rings. The first-order valence-corrected chi connectivity index (χ1v) is 8.45. The Morgan fingerprint density at radius 2 is 1.60 bits per heavy atom. The van der Waals surface area contributed by atoms with Gasteiger partial charge < -0.3 is 4.18 Å². The van der Waals surface area contributed by atoms with Gasteiger partial charge >= 0.3 is 10.1 Å². The third-order valence-electron chi connectivity index (χ3n) is 3.41. The Labute approximate surface area is 147 Å². The van der Waals surface area contributed by atoms with Crippen LogP contribution >= 0.6 is 11.6 Å². The number of rotatable bonds is 5. The van der Waals surface area contributed by atoms with Crippen LogP contribution < -0.4 is 4.18 Å². The highest BCUT2D eigenvalue weighted by Gasteiger charge is 2.25. The molecule has 0 radical (unpaired) electrons. The van der Waals surface area contributed by atoms with Crippen molar-refractivity contribution in [3.63, 3.8) is 0 Å². The number of benzene rings is 2. The van der Waals surface area contributed by atoms with Gasteiger partial charge in [0.1, 0.15) is 4.90 Å². The van der Waals surface area contributed by atoms with Gasteiger partial charge in [-0.15, -0.1) is 0 Å². The zero-order chi connectivity index (χ0) is 18.9. The smallest absolute Gasteiger partial charge is 0.339 e. The monoisotopic (exact) mass is 386 g/mol. The molecule has 0 heterocycles. The van der Waals surface area contributed by atoms with Crippen molar-refractivity contribution in [2.24, 2.45) is 0 Å². The summed E-state index contributed by atoms with van der Waals surface area (Å²) >= 11 is 5.82. The molecule has 0 aromatic heterocycles. The van der Waals surface area contributed by atoms with Crippen LogP contribution in [0.1, 0.15) is 11.1 Å². The molecule has 0 amide bonds. The molecule has 11 heteroatoms. The quantitative estimate of drug-likeness (QED) is 0.436. The van der Waals surface area contributed by atoms with Crippen LogP contribution in [0.25, 0.3) is 0 Å². The maximum Gasteiger partial charge on any atom is 0.339 e. The Bertz CT molecular complexity index is 989. The Morgan fingerprint density at radius 3 is 2.12 bits per heavy atom. The van der Waals surface area contributed by atoms with E-state index in [1.807, 2.05) is 0 Å². The number of halogens is 1. The van der Waals surface area contributed by atoms with Gasteiger partial charge in [-0.3, -0.25) is 20.2 Å². The molecule has 0 atom stereocenters. The molecule has 0 aliphatic carbocycles. The van der Waals surface area contributed by atoms with Gasteiger partial charge in [-0.2, -0.15) is 8.42 Å². The molecule has 2 aromatic rings. The zero-order valence-corrected chi connectivity index (χ0v) is 14.5. The van der Waals surface area contributed by atoms with E-state index in [1.54, 1.807) is 0 Å². The van der Waals surface area contributed by atoms with Crippen LogP contribution in [0.3, 0.4) is 0 Å². The predicted molar refractivity (Wildman–Crippen MR) is 88.5 cm³/mol. The summed E-state index contributed by atoms with van der Waals surface area (Å²) in [4.78, 5) is 19.8. The molecule has 0 fully saturated rings. The minimum Gasteiger partial charge on any atom is -0.377 e. The number of aryl methyl sites for hydroxylation is 1. The number of nitrogens with zero attached hydrogens (tertiary/aromatic N) is 2. The largest absolute Gasteiger partial charge is 0.377 e. The highest BCUT2D eigenvalue weighted by Crippen LogP contribution is 2.33. The van der Waals surface area contributed by atoms with E-state index in [0.29, 0.717) is 5.56 Å². The van der Waals surface area contributed by atoms with E-state index >= 15 is 0 Å². The highest BCUT2D eigenvalue weighted by atomic mass is 35.5. The maximum atomic E-state index is 12.5. The summed E-state index contributed by atoms with van der Waals surface area (Å²) in [6.07, 6.45) is 0. The van der Waals surface area contributed by atoms with E-state index in [-0.39, 0.29) is 26.9 Å². The number of non-ortho nitro benzene ring substituents is 2. The van der Waals surface area contributed by atoms with E-state index in [0.717, 1.165) is 24.3 Å². The van der Waals surface area contributed by atoms with Gasteiger partial charge in [0.25, 0.3) is 11.4 Å². The van der Waals surface area contributed by atoms with Crippen molar-refractivity contribution in [1.29, 1.82) is 0 Å². The first kappa shape index (κ1) is 18.6. The summed E-state index contributed by atoms with van der Waals surface area (Å²) in [5.41, 5.74) is -0.0630. The lowest BCUT2D eigenvalue weighted by atomic mass is 10.1. The second-order valence-corrected chi connectivity index (χ2v) is 6.97. The second kappa shape index (κ2) is 6.65. The summed E-state index contributed by atoms with van der Waals surface area (Å²) in [5.74, 6) is -0.323. The van der Waals surface area contributed by atoms with Gasteiger partial charge in [0.2, 0.25) is 0 Å². The number of hydrogen-bond acceptors (Lipinski definition) is 7. The lowest BCUT2D eigenvalue weighted by molar-refractivity contribution is -0.385. The second-order valence-electron chi connectivity index (χ2n) is 5.05. The van der Waals surface area contributed by atoms with Crippen LogP contribution in [0.15, 0.2) is 35.2 Å². The van der Waals surface area contributed by atoms with E-state index in [2.05, 4.69) is 0 Å². The third kappa shape index (κ3) is 3.86. The van der Waals surface area contributed by atoms with Crippen molar-refractivity contribution >= 4 is 33.1 Å². The van der Waals surface area contributed by atoms with E-state index in [1.165, 1.54) is 19.9 Å². The number of nitro groups is 2. The van der Waals surface area contributed by atoms with Gasteiger partial charge in [0.05, 0.1) is 14.9 Å². The van der Waals surface area contributed by atoms with Gasteiger partial charge in [-0.25, -0.2) is 0 Å². The Kier molecular flexibility index (Phi) is 4.95. The number of hydrogen-bond donors (Lipinski definition) is 0. The molecular weight excluding hydrogens is 376 g/mol. The molecule has 0 saturated heterocycles. The molecule has 132 valence electrons. The van der Waals surface area contributed by atoms with Gasteiger partial charge in [-0.05, 0) is 31.0 Å². The standard InChI is InChI=1S/C14H11ClN2O7S/c1-8-5-11(17(20)21)7-14(9(8)2)25(22,23)24-13-4-3-10(16(18)19)6-12(13)15/h3-7H,1-2H3. The Hall–Kier alpha value is -2.72. The average molecular weight is 387 g/mol. The van der Waals surface area contributed by atoms with E-state index < -0.39 is 25.7 Å². The summed E-state index contributed by atoms with van der Waals surface area (Å²) in [6.45, 7) is 3.01. The molecule has 0 bridgehead atoms. The molecule has 0 spiro atoms. The van der Waals surface area contributed by atoms with Crippen LogP contribution in [0.5, 0.6) is 5.75 Å². The predicted octanol–water partition coefficient (Wildman–Crippen LogP) is 3.54. The molecule has 9 nitrogen and oxygen atoms in total. The van der Waals surface area contributed by atoms with Crippen LogP contribution in [-0.4, -0.2) is 18.3 Å². The molecule has 0 unspecified atom stereocenters. The summed E-state index contributed by atoms with van der Waals surface area (Å²) in [7, 11) is -4.44. The molecule has 0 aliphatic heterocycles. The highest BCUT2D eigenvalue weighted by molar-refractivity contribution is 7.87. The third-order valence-corrected chi connectivity index (χ3v) is 5.07. The lowest BCUT2D eigenvalue weighted by Gasteiger charge is -2.12. The van der Waals surface area contributed by atoms with E-state index in [4.69, 9.17) is 15.8 Å². The van der Waals surface area contributed by atoms with Crippen LogP contribution in [0.2, 0.25) is 5.02 Å². The normalized spacial score (nSPS) is 11.2. The van der Waals surface area contributed by atoms with Gasteiger partial charge in [-0.1, -0.05) is 11.6 Å². The van der Waals surface area contributed by atoms with E-state index in [9.17, 15) is 28.6 Å². The van der Waals surface area contributed by atoms with Crippen molar-refractivity contribution in [1.82, 2.24) is 0 Å². The van der Waals surface area contributed by atoms with Gasteiger partial charge in [0.15, 0.2) is 5.75 Å². The van der Waals surface area contributed by atoms with Crippen LogP contribution in [0, 0.1) is 34.1 Å². The summed E-state index contributed by atoms with van der Waals surface area (Å²) < 4.78 is 29.9. The van der Waals surface area contributed by atoms with Crippen molar-refractivity contribution in [3.05, 3.63) is 66.7 Å². The SMILES string of the molecule is Cc1cc([N+](=O)[O-])cc(S(=O)(=O)Oc2ccc([N+](=O)[O-])cc2Cl)c1C. The lowest BCUT2D eigenvalue weighted by Crippen LogP contribution is -2.13. The topological polar surface area (TPSA) is 130 Å². The van der Waals surface area contributed by atoms with Crippen molar-refractivity contribution in [3.8, 4) is 5.75 Å². The zero-order valence-electron chi connectivity index (χ0n) is 12.9. The summed E-state index contributed by atoms with van der Waals surface area (Å²) in [6, 6.07) is 5.14. The molecule has 0 saturated carbocycles. The first-order valence-electron chi connectivity index (χ1n) is 6.67. The Balaban J connectivity index is 2.50. The average Bonchev–Trinajstić information content (AvgIpc) is 2.51. The molecule has 2 aromatic carbocycles. The molecule has 2 rings (SSSR count). The fourth-order valence-corrected chi connectivity index (χ4v) is 3.54. The Morgan fingerprint density at radius 1 is 1.00 bits per heavy atom. The summed E-state index contributed by atoms with van der Waals surface area (Å²) in [5, 5.41) is 21.3. The molecular formula is C14H11ClN2O7S. The minimum atomic E-state index is -4.44. The van der Waals surface area contributed by atoms with Crippen LogP contribution in [-0.2, 0) is 10.1 Å². The molecule has 0 N–H and O–H groups in total. The fourth-order valence-electron chi connectivity index (χ4n) is 2.01. The maximum absolute atomic E-state index is 12.5. The van der Waals surface area contributed by atoms with Crippen LogP contribution in [0.4, 0.5) is 11.4 Å². The minimum absolute atomic E-state index is 0.280. The molecule has 25 heavy (non-hydrogen) atoms. The van der Waals surface area contributed by atoms with Gasteiger partial charge in [0, 0.05) is 24.3 Å². The first-order chi connectivity index (χ1) is 11.5. The van der Waals surface area contributed by atoms with Crippen molar-refractivity contribution in [2.45, 2.75) is 18.7 Å². The van der Waals surface area contributed by atoms with Crippen molar-refractivity contribution in [2.75, 3.05) is 0 Å². The number of nitro benzene ring substituents is 2. The fraction of sp³-hybridized carbons (Fsp3) is 0.143.